The summed E-state index contributed by atoms with van der Waals surface area (Å²) in [7, 11) is 0. The highest BCUT2D eigenvalue weighted by Gasteiger charge is 2.24. The number of hydrogen-bond donors (Lipinski definition) is 0. The summed E-state index contributed by atoms with van der Waals surface area (Å²) in [6.45, 7) is 0. The minimum atomic E-state index is -0.836. The van der Waals surface area contributed by atoms with Gasteiger partial charge in [0.2, 0.25) is 0 Å². The van der Waals surface area contributed by atoms with Gasteiger partial charge in [-0.25, -0.2) is 0 Å². The molecule has 2 unspecified atom stereocenters. The molecule has 1 heterocycles. The van der Waals surface area contributed by atoms with Crippen LogP contribution in [0.4, 0.5) is 0 Å². The van der Waals surface area contributed by atoms with E-state index in [4.69, 9.17) is 34.8 Å². The van der Waals surface area contributed by atoms with Crippen LogP contribution in [0.15, 0.2) is 60.8 Å². The lowest BCUT2D eigenvalue weighted by molar-refractivity contribution is 0.0987. The molecule has 2 nitrogen and oxygen atoms in total. The van der Waals surface area contributed by atoms with Crippen molar-refractivity contribution in [3.63, 3.8) is 0 Å². The maximum Gasteiger partial charge on any atom is 0.182 e. The monoisotopic (exact) mass is 377 g/mol. The predicted molar refractivity (Wildman–Crippen MR) is 102 cm³/mol. The number of aromatic nitrogens is 1. The highest BCUT2D eigenvalue weighted by molar-refractivity contribution is 6.41. The Bertz CT molecular complexity index is 859. The minimum Gasteiger partial charge on any atom is -0.292 e. The van der Waals surface area contributed by atoms with E-state index in [1.54, 1.807) is 18.3 Å². The highest BCUT2D eigenvalue weighted by Crippen LogP contribution is 2.28. The second-order valence-electron chi connectivity index (χ2n) is 5.39. The number of carbonyl (C=O) groups excluding carboxylic acids is 1. The number of alkyl halides is 3. The van der Waals surface area contributed by atoms with Crippen LogP contribution in [0.5, 0.6) is 0 Å². The van der Waals surface area contributed by atoms with Gasteiger partial charge < -0.3 is 0 Å². The number of halogens is 3. The molecule has 2 aromatic carbocycles. The van der Waals surface area contributed by atoms with Crippen molar-refractivity contribution >= 4 is 51.5 Å². The van der Waals surface area contributed by atoms with Crippen molar-refractivity contribution in [1.29, 1.82) is 0 Å². The number of pyridine rings is 1. The zero-order valence-electron chi connectivity index (χ0n) is 12.6. The Balaban J connectivity index is 1.93. The van der Waals surface area contributed by atoms with Crippen LogP contribution in [-0.2, 0) is 0 Å². The lowest BCUT2D eigenvalue weighted by Crippen LogP contribution is -2.26. The Morgan fingerprint density at radius 3 is 2.42 bits per heavy atom. The molecule has 1 aromatic heterocycles. The zero-order valence-corrected chi connectivity index (χ0v) is 14.9. The van der Waals surface area contributed by atoms with Crippen molar-refractivity contribution in [3.8, 4) is 11.1 Å². The van der Waals surface area contributed by atoms with Gasteiger partial charge in [0.15, 0.2) is 5.78 Å². The third kappa shape index (κ3) is 3.41. The molecule has 0 bridgehead atoms. The number of ketones is 1. The van der Waals surface area contributed by atoms with E-state index in [-0.39, 0.29) is 11.7 Å². The Labute approximate surface area is 155 Å². The van der Waals surface area contributed by atoms with Gasteiger partial charge in [0.05, 0.1) is 10.9 Å². The summed E-state index contributed by atoms with van der Waals surface area (Å²) in [5, 5.41) is -0.362. The quantitative estimate of drug-likeness (QED) is 0.431. The number of carbonyl (C=O) groups is 1. The molecule has 0 saturated carbocycles. The maximum absolute atomic E-state index is 12.3. The molecule has 122 valence electrons. The summed E-state index contributed by atoms with van der Waals surface area (Å²) in [6, 6.07) is 17.2. The fourth-order valence-corrected chi connectivity index (χ4v) is 3.16. The van der Waals surface area contributed by atoms with Crippen molar-refractivity contribution in [2.24, 2.45) is 0 Å². The van der Waals surface area contributed by atoms with Crippen molar-refractivity contribution in [3.05, 3.63) is 66.4 Å². The van der Waals surface area contributed by atoms with Crippen molar-refractivity contribution in [2.45, 2.75) is 10.8 Å². The van der Waals surface area contributed by atoms with Gasteiger partial charge in [-0.2, -0.15) is 0 Å². The molecule has 24 heavy (non-hydrogen) atoms. The van der Waals surface area contributed by atoms with E-state index >= 15 is 0 Å². The van der Waals surface area contributed by atoms with Crippen LogP contribution < -0.4 is 0 Å². The first kappa shape index (κ1) is 17.2. The maximum atomic E-state index is 12.3. The first-order valence-electron chi connectivity index (χ1n) is 7.44. The lowest BCUT2D eigenvalue weighted by atomic mass is 9.98. The molecule has 0 aliphatic heterocycles. The van der Waals surface area contributed by atoms with Gasteiger partial charge in [0, 0.05) is 23.0 Å². The number of para-hydroxylation sites is 1. The number of Topliss-reactive ketones (excluding diaryl/α,β-unsaturated/α-hetero) is 1. The molecule has 0 N–H and O–H groups in total. The smallest absolute Gasteiger partial charge is 0.182 e. The molecule has 0 amide bonds. The minimum absolute atomic E-state index is 0.128. The van der Waals surface area contributed by atoms with Gasteiger partial charge in [0.25, 0.3) is 0 Å². The highest BCUT2D eigenvalue weighted by atomic mass is 35.5. The fourth-order valence-electron chi connectivity index (χ4n) is 2.56. The van der Waals surface area contributed by atoms with Gasteiger partial charge in [-0.15, -0.1) is 34.8 Å². The molecule has 3 aromatic rings. The third-order valence-electron chi connectivity index (χ3n) is 3.84. The van der Waals surface area contributed by atoms with Crippen molar-refractivity contribution in [1.82, 2.24) is 4.98 Å². The first-order valence-corrected chi connectivity index (χ1v) is 8.85. The topological polar surface area (TPSA) is 30.0 Å². The van der Waals surface area contributed by atoms with Gasteiger partial charge in [-0.1, -0.05) is 42.5 Å². The molecule has 0 saturated heterocycles. The van der Waals surface area contributed by atoms with Crippen molar-refractivity contribution < 1.29 is 4.79 Å². The summed E-state index contributed by atoms with van der Waals surface area (Å²) in [6.07, 6.45) is 1.78. The number of rotatable bonds is 5. The van der Waals surface area contributed by atoms with Crippen LogP contribution in [0.2, 0.25) is 0 Å². The van der Waals surface area contributed by atoms with E-state index < -0.39 is 10.8 Å². The first-order chi connectivity index (χ1) is 11.6. The van der Waals surface area contributed by atoms with Crippen LogP contribution >= 0.6 is 34.8 Å². The average molecular weight is 379 g/mol. The summed E-state index contributed by atoms with van der Waals surface area (Å²) < 4.78 is 0. The van der Waals surface area contributed by atoms with E-state index in [0.717, 1.165) is 22.0 Å². The summed E-state index contributed by atoms with van der Waals surface area (Å²) in [4.78, 5) is 16.7. The van der Waals surface area contributed by atoms with Gasteiger partial charge in [0.1, 0.15) is 5.38 Å². The second kappa shape index (κ2) is 7.52. The van der Waals surface area contributed by atoms with E-state index in [1.165, 1.54) is 0 Å². The number of fused-ring (bicyclic) bond motifs is 1. The molecule has 5 heteroatoms. The number of nitrogens with zero attached hydrogens (tertiary/aromatic N) is 1. The number of benzene rings is 2. The average Bonchev–Trinajstić information content (AvgIpc) is 2.66. The molecule has 0 fully saturated rings. The van der Waals surface area contributed by atoms with Crippen molar-refractivity contribution in [2.75, 3.05) is 5.88 Å². The van der Waals surface area contributed by atoms with E-state index in [0.29, 0.717) is 5.56 Å². The predicted octanol–water partition coefficient (Wildman–Crippen LogP) is 5.54. The Morgan fingerprint density at radius 1 is 1.00 bits per heavy atom. The van der Waals surface area contributed by atoms with E-state index in [1.807, 2.05) is 42.5 Å². The second-order valence-corrected chi connectivity index (χ2v) is 6.73. The normalized spacial score (nSPS) is 13.6. The molecule has 0 aliphatic rings. The molecule has 0 spiro atoms. The number of hydrogen-bond acceptors (Lipinski definition) is 2. The van der Waals surface area contributed by atoms with Crippen LogP contribution in [0, 0.1) is 0 Å². The Kier molecular flexibility index (Phi) is 5.40. The SMILES string of the molecule is O=C(c1ccc(-c2ccnc3ccccc23)cc1)C(Cl)C(Cl)CCl. The molecule has 2 atom stereocenters. The summed E-state index contributed by atoms with van der Waals surface area (Å²) in [5.41, 5.74) is 3.53. The Hall–Kier alpha value is -1.61. The standard InChI is InChI=1S/C19H14Cl3NO/c20-11-16(21)18(22)19(24)13-7-5-12(6-8-13)14-9-10-23-17-4-2-1-3-15(14)17/h1-10,16,18H,11H2. The lowest BCUT2D eigenvalue weighted by Gasteiger charge is -2.13. The molecule has 3 rings (SSSR count). The zero-order chi connectivity index (χ0) is 17.1. The molecule has 0 aliphatic carbocycles. The van der Waals surface area contributed by atoms with Crippen LogP contribution in [-0.4, -0.2) is 27.4 Å². The Morgan fingerprint density at radius 2 is 1.71 bits per heavy atom. The summed E-state index contributed by atoms with van der Waals surface area (Å²) in [5.74, 6) is -0.0915. The van der Waals surface area contributed by atoms with Gasteiger partial charge >= 0.3 is 0 Å². The molecule has 0 radical (unpaired) electrons. The fraction of sp³-hybridized carbons (Fsp3) is 0.158. The molecular weight excluding hydrogens is 365 g/mol. The van der Waals surface area contributed by atoms with E-state index in [9.17, 15) is 4.79 Å². The van der Waals surface area contributed by atoms with Crippen LogP contribution in [0.3, 0.4) is 0 Å². The van der Waals surface area contributed by atoms with Crippen LogP contribution in [0.25, 0.3) is 22.0 Å². The van der Waals surface area contributed by atoms with Gasteiger partial charge in [-0.3, -0.25) is 9.78 Å². The van der Waals surface area contributed by atoms with Crippen LogP contribution in [0.1, 0.15) is 10.4 Å². The van der Waals surface area contributed by atoms with Gasteiger partial charge in [-0.05, 0) is 23.3 Å². The third-order valence-corrected chi connectivity index (χ3v) is 5.37. The van der Waals surface area contributed by atoms with E-state index in [2.05, 4.69) is 4.98 Å². The molecular formula is C19H14Cl3NO. The summed E-state index contributed by atoms with van der Waals surface area (Å²) >= 11 is 17.7. The largest absolute Gasteiger partial charge is 0.292 e.